The summed E-state index contributed by atoms with van der Waals surface area (Å²) in [5.74, 6) is 1.45. The van der Waals surface area contributed by atoms with Gasteiger partial charge in [0.25, 0.3) is 0 Å². The first-order valence-electron chi connectivity index (χ1n) is 7.20. The quantitative estimate of drug-likeness (QED) is 0.635. The van der Waals surface area contributed by atoms with E-state index in [2.05, 4.69) is 66.0 Å². The fraction of sp³-hybridized carbons (Fsp3) is 0.412. The van der Waals surface area contributed by atoms with Crippen molar-refractivity contribution in [1.82, 2.24) is 9.97 Å². The van der Waals surface area contributed by atoms with E-state index in [1.165, 1.54) is 18.4 Å². The maximum absolute atomic E-state index is 6.27. The van der Waals surface area contributed by atoms with E-state index in [-0.39, 0.29) is 5.41 Å². The average molecular weight is 366 g/mol. The van der Waals surface area contributed by atoms with E-state index in [1.54, 1.807) is 0 Å². The minimum atomic E-state index is -0.0892. The van der Waals surface area contributed by atoms with Gasteiger partial charge < -0.3 is 0 Å². The Morgan fingerprint density at radius 1 is 1.10 bits per heavy atom. The molecule has 0 bridgehead atoms. The third kappa shape index (κ3) is 3.14. The largest absolute Gasteiger partial charge is 0.231 e. The molecule has 0 spiro atoms. The number of benzene rings is 1. The van der Waals surface area contributed by atoms with Crippen LogP contribution in [0.2, 0.25) is 5.15 Å². The highest BCUT2D eigenvalue weighted by atomic mass is 79.9. The molecule has 21 heavy (non-hydrogen) atoms. The first-order valence-corrected chi connectivity index (χ1v) is 8.37. The van der Waals surface area contributed by atoms with Crippen LogP contribution in [-0.4, -0.2) is 9.97 Å². The van der Waals surface area contributed by atoms with Crippen molar-refractivity contribution in [2.24, 2.45) is 0 Å². The van der Waals surface area contributed by atoms with E-state index < -0.39 is 0 Å². The predicted molar refractivity (Wildman–Crippen MR) is 90.9 cm³/mol. The van der Waals surface area contributed by atoms with Crippen molar-refractivity contribution in [2.75, 3.05) is 0 Å². The van der Waals surface area contributed by atoms with Crippen LogP contribution in [0.3, 0.4) is 0 Å². The molecule has 4 heteroatoms. The second-order valence-corrected chi connectivity index (χ2v) is 7.80. The van der Waals surface area contributed by atoms with Crippen LogP contribution in [0.25, 0.3) is 11.4 Å². The monoisotopic (exact) mass is 364 g/mol. The van der Waals surface area contributed by atoms with Crippen molar-refractivity contribution in [3.63, 3.8) is 0 Å². The zero-order valence-corrected chi connectivity index (χ0v) is 14.8. The van der Waals surface area contributed by atoms with Crippen molar-refractivity contribution in [3.05, 3.63) is 45.1 Å². The Hall–Kier alpha value is -0.930. The van der Waals surface area contributed by atoms with Gasteiger partial charge in [-0.1, -0.05) is 56.6 Å². The molecule has 1 fully saturated rings. The van der Waals surface area contributed by atoms with Gasteiger partial charge in [-0.2, -0.15) is 0 Å². The van der Waals surface area contributed by atoms with Crippen molar-refractivity contribution in [1.29, 1.82) is 0 Å². The summed E-state index contributed by atoms with van der Waals surface area (Å²) < 4.78 is 0.787. The van der Waals surface area contributed by atoms with Crippen LogP contribution in [-0.2, 0) is 5.41 Å². The first kappa shape index (κ1) is 15.0. The van der Waals surface area contributed by atoms with Crippen LogP contribution >= 0.6 is 27.5 Å². The summed E-state index contributed by atoms with van der Waals surface area (Å²) in [5.41, 5.74) is 3.27. The zero-order chi connectivity index (χ0) is 15.2. The van der Waals surface area contributed by atoms with Crippen LogP contribution in [0, 0.1) is 0 Å². The van der Waals surface area contributed by atoms with Crippen LogP contribution in [0.1, 0.15) is 50.8 Å². The zero-order valence-electron chi connectivity index (χ0n) is 12.5. The molecule has 1 heterocycles. The second kappa shape index (κ2) is 5.36. The Kier molecular flexibility index (Phi) is 3.83. The summed E-state index contributed by atoms with van der Waals surface area (Å²) in [6.07, 6.45) is 2.63. The molecule has 1 aliphatic rings. The lowest BCUT2D eigenvalue weighted by Crippen LogP contribution is -2.16. The molecule has 110 valence electrons. The van der Waals surface area contributed by atoms with Gasteiger partial charge in [0, 0.05) is 11.0 Å². The van der Waals surface area contributed by atoms with Gasteiger partial charge >= 0.3 is 0 Å². The Morgan fingerprint density at radius 3 is 2.24 bits per heavy atom. The van der Waals surface area contributed by atoms with Crippen molar-refractivity contribution in [2.45, 2.75) is 44.9 Å². The normalized spacial score (nSPS) is 15.3. The average Bonchev–Trinajstić information content (AvgIpc) is 3.25. The number of rotatable bonds is 2. The standard InChI is InChI=1S/C17H18BrClN2/c1-17(2,3)14-13(18)15(19)21-16(20-14)12-8-6-11(7-9-12)10-4-5-10/h6-10H,4-5H2,1-3H3. The summed E-state index contributed by atoms with van der Waals surface area (Å²) in [7, 11) is 0. The lowest BCUT2D eigenvalue weighted by molar-refractivity contribution is 0.564. The molecule has 1 aromatic heterocycles. The van der Waals surface area contributed by atoms with Gasteiger partial charge in [-0.25, -0.2) is 9.97 Å². The number of hydrogen-bond acceptors (Lipinski definition) is 2. The SMILES string of the molecule is CC(C)(C)c1nc(-c2ccc(C3CC3)cc2)nc(Cl)c1Br. The Labute approximate surface area is 139 Å². The smallest absolute Gasteiger partial charge is 0.161 e. The van der Waals surface area contributed by atoms with Crippen LogP contribution in [0.15, 0.2) is 28.7 Å². The molecule has 0 radical (unpaired) electrons. The Bertz CT molecular complexity index is 670. The van der Waals surface area contributed by atoms with Crippen LogP contribution in [0.5, 0.6) is 0 Å². The molecule has 0 N–H and O–H groups in total. The first-order chi connectivity index (χ1) is 9.86. The molecule has 3 rings (SSSR count). The van der Waals surface area contributed by atoms with Crippen molar-refractivity contribution >= 4 is 27.5 Å². The third-order valence-corrected chi connectivity index (χ3v) is 4.99. The molecule has 0 aliphatic heterocycles. The molecular formula is C17H18BrClN2. The molecule has 0 amide bonds. The van der Waals surface area contributed by atoms with Gasteiger partial charge in [0.05, 0.1) is 10.2 Å². The maximum atomic E-state index is 6.27. The third-order valence-electron chi connectivity index (χ3n) is 3.74. The minimum Gasteiger partial charge on any atom is -0.231 e. The van der Waals surface area contributed by atoms with Crippen molar-refractivity contribution < 1.29 is 0 Å². The topological polar surface area (TPSA) is 25.8 Å². The molecule has 1 aromatic carbocycles. The van der Waals surface area contributed by atoms with E-state index in [4.69, 9.17) is 16.6 Å². The molecule has 2 nitrogen and oxygen atoms in total. The summed E-state index contributed by atoms with van der Waals surface area (Å²) in [6, 6.07) is 8.56. The van der Waals surface area contributed by atoms with Gasteiger partial charge in [-0.15, -0.1) is 0 Å². The number of hydrogen-bond donors (Lipinski definition) is 0. The summed E-state index contributed by atoms with van der Waals surface area (Å²) in [5, 5.41) is 0.469. The Morgan fingerprint density at radius 2 is 1.71 bits per heavy atom. The van der Waals surface area contributed by atoms with Gasteiger partial charge in [0.2, 0.25) is 0 Å². The van der Waals surface area contributed by atoms with Gasteiger partial charge in [0.15, 0.2) is 5.82 Å². The highest BCUT2D eigenvalue weighted by Gasteiger charge is 2.24. The lowest BCUT2D eigenvalue weighted by atomic mass is 9.92. The van der Waals surface area contributed by atoms with E-state index >= 15 is 0 Å². The van der Waals surface area contributed by atoms with Crippen LogP contribution in [0.4, 0.5) is 0 Å². The van der Waals surface area contributed by atoms with Gasteiger partial charge in [-0.3, -0.25) is 0 Å². The van der Waals surface area contributed by atoms with Crippen LogP contribution < -0.4 is 0 Å². The Balaban J connectivity index is 2.03. The van der Waals surface area contributed by atoms with E-state index in [1.807, 2.05) is 0 Å². The molecule has 1 aliphatic carbocycles. The minimum absolute atomic E-state index is 0.0892. The number of aromatic nitrogens is 2. The number of halogens is 2. The van der Waals surface area contributed by atoms with E-state index in [0.717, 1.165) is 21.6 Å². The molecule has 1 saturated carbocycles. The summed E-state index contributed by atoms with van der Waals surface area (Å²) >= 11 is 9.77. The highest BCUT2D eigenvalue weighted by Crippen LogP contribution is 2.40. The van der Waals surface area contributed by atoms with E-state index in [0.29, 0.717) is 11.0 Å². The fourth-order valence-electron chi connectivity index (χ4n) is 2.37. The van der Waals surface area contributed by atoms with Gasteiger partial charge in [0.1, 0.15) is 5.15 Å². The molecule has 0 atom stereocenters. The van der Waals surface area contributed by atoms with E-state index in [9.17, 15) is 0 Å². The van der Waals surface area contributed by atoms with Crippen molar-refractivity contribution in [3.8, 4) is 11.4 Å². The predicted octanol–water partition coefficient (Wildman–Crippen LogP) is 5.73. The molecule has 2 aromatic rings. The highest BCUT2D eigenvalue weighted by molar-refractivity contribution is 9.10. The number of nitrogens with zero attached hydrogens (tertiary/aromatic N) is 2. The summed E-state index contributed by atoms with van der Waals surface area (Å²) in [4.78, 5) is 9.14. The molecule has 0 unspecified atom stereocenters. The maximum Gasteiger partial charge on any atom is 0.161 e. The summed E-state index contributed by atoms with van der Waals surface area (Å²) in [6.45, 7) is 6.36. The molecule has 0 saturated heterocycles. The lowest BCUT2D eigenvalue weighted by Gasteiger charge is -2.20. The van der Waals surface area contributed by atoms with Gasteiger partial charge in [-0.05, 0) is 40.3 Å². The second-order valence-electron chi connectivity index (χ2n) is 6.65. The molecular weight excluding hydrogens is 348 g/mol. The fourth-order valence-corrected chi connectivity index (χ4v) is 3.31.